The summed E-state index contributed by atoms with van der Waals surface area (Å²) in [5.74, 6) is 0.483. The van der Waals surface area contributed by atoms with Crippen LogP contribution in [0.1, 0.15) is 16.7 Å². The van der Waals surface area contributed by atoms with Crippen LogP contribution in [0.2, 0.25) is 0 Å². The molecule has 15 aromatic carbocycles. The van der Waals surface area contributed by atoms with E-state index in [1.54, 1.807) is 71.5 Å². The standard InChI is InChI=1S/4C18H15P.C12H11BrS.C10H7BrO2S.C8H11BO3.C4H2Br2S.Pd/c4*1-4-10-16(11-5-1)19(17-12-6-2-7-13-17)18-14-8-3-9-15-18;1-8-3-4-10(7-9(8)2)11-5-6-12(13)14-11;11-10-4-3-9(14-10)6-1-2-7(12)8(13)5-6;1-6-3-4-7(9(10)11)5-8(6)12-2;5-3-1-2-4(6)7-3;/h4*1-15H;3-7H,1-2H3;1-5,12-13H;3-5,10-11H,1-2H3;1-2H;. The number of ether oxygens (including phenoxy) is 1. The zero-order valence-electron chi connectivity index (χ0n) is 68.4. The summed E-state index contributed by atoms with van der Waals surface area (Å²) >= 11 is 18.5. The summed E-state index contributed by atoms with van der Waals surface area (Å²) in [4.78, 5) is 2.37. The summed E-state index contributed by atoms with van der Waals surface area (Å²) in [7, 11) is -1.66. The number of hydrogen-bond acceptors (Lipinski definition) is 8. The van der Waals surface area contributed by atoms with E-state index < -0.39 is 38.8 Å². The van der Waals surface area contributed by atoms with E-state index in [4.69, 9.17) is 19.9 Å². The van der Waals surface area contributed by atoms with Crippen molar-refractivity contribution in [3.63, 3.8) is 0 Å². The maximum atomic E-state index is 9.31. The molecule has 124 heavy (non-hydrogen) atoms. The van der Waals surface area contributed by atoms with Crippen LogP contribution < -0.4 is 73.9 Å². The molecular weight excluding hydrogens is 2010 g/mol. The molecule has 18 aromatic rings. The van der Waals surface area contributed by atoms with Crippen molar-refractivity contribution >= 4 is 206 Å². The maximum absolute atomic E-state index is 9.31. The molecule has 0 radical (unpaired) electrons. The molecule has 18 rings (SSSR count). The first-order chi connectivity index (χ1) is 60.1. The molecule has 624 valence electrons. The van der Waals surface area contributed by atoms with E-state index in [9.17, 15) is 5.11 Å². The van der Waals surface area contributed by atoms with Crippen LogP contribution >= 0.6 is 129 Å². The molecular formula is C106H91BBr4O5P4PdS3. The van der Waals surface area contributed by atoms with Crippen LogP contribution in [0.15, 0.2) is 470 Å². The molecule has 0 aliphatic carbocycles. The van der Waals surface area contributed by atoms with Crippen molar-refractivity contribution in [2.24, 2.45) is 0 Å². The van der Waals surface area contributed by atoms with Gasteiger partial charge in [0.15, 0.2) is 11.5 Å². The molecule has 5 nitrogen and oxygen atoms in total. The van der Waals surface area contributed by atoms with Crippen LogP contribution in [0.5, 0.6) is 17.2 Å². The normalized spacial score (nSPS) is 10.3. The van der Waals surface area contributed by atoms with Crippen molar-refractivity contribution in [2.75, 3.05) is 7.11 Å². The van der Waals surface area contributed by atoms with Gasteiger partial charge in [0, 0.05) is 30.2 Å². The second kappa shape index (κ2) is 52.9. The number of phenolic OH excluding ortho intramolecular Hbond substituents is 2. The Kier molecular flexibility index (Phi) is 41.5. The molecule has 0 unspecified atom stereocenters. The van der Waals surface area contributed by atoms with Gasteiger partial charge in [0.05, 0.1) is 22.3 Å². The summed E-state index contributed by atoms with van der Waals surface area (Å²) in [6.45, 7) is 6.19. The summed E-state index contributed by atoms with van der Waals surface area (Å²) in [6, 6.07) is 158. The number of halogens is 4. The van der Waals surface area contributed by atoms with Gasteiger partial charge in [-0.05, 0) is 274 Å². The number of benzene rings is 15. The third kappa shape index (κ3) is 30.7. The molecule has 3 heterocycles. The number of rotatable bonds is 16. The Bertz CT molecular complexity index is 5090. The molecule has 0 bridgehead atoms. The van der Waals surface area contributed by atoms with Crippen LogP contribution in [0.4, 0.5) is 0 Å². The van der Waals surface area contributed by atoms with Crippen molar-refractivity contribution in [1.29, 1.82) is 0 Å². The van der Waals surface area contributed by atoms with Gasteiger partial charge in [-0.2, -0.15) is 0 Å². The second-order valence-electron chi connectivity index (χ2n) is 27.2. The summed E-state index contributed by atoms with van der Waals surface area (Å²) < 4.78 is 9.57. The number of hydrogen-bond donors (Lipinski definition) is 4. The van der Waals surface area contributed by atoms with Crippen LogP contribution in [0.3, 0.4) is 0 Å². The van der Waals surface area contributed by atoms with Gasteiger partial charge in [-0.1, -0.05) is 394 Å². The average Bonchev–Trinajstić information content (AvgIpc) is 1.05. The van der Waals surface area contributed by atoms with Crippen LogP contribution in [0.25, 0.3) is 20.9 Å². The number of aryl methyl sites for hydroxylation is 3. The average molecular weight is 2100 g/mol. The van der Waals surface area contributed by atoms with Crippen molar-refractivity contribution in [1.82, 2.24) is 0 Å². The molecule has 0 amide bonds. The predicted molar refractivity (Wildman–Crippen MR) is 556 cm³/mol. The van der Waals surface area contributed by atoms with Crippen molar-refractivity contribution < 1.29 is 45.4 Å². The minimum absolute atomic E-state index is 0. The topological polar surface area (TPSA) is 90.2 Å². The maximum Gasteiger partial charge on any atom is 0.488 e. The van der Waals surface area contributed by atoms with Gasteiger partial charge in [0.25, 0.3) is 0 Å². The molecule has 0 fully saturated rings. The predicted octanol–water partition coefficient (Wildman–Crippen LogP) is 25.1. The van der Waals surface area contributed by atoms with Gasteiger partial charge in [0.1, 0.15) is 5.75 Å². The van der Waals surface area contributed by atoms with E-state index in [0.717, 1.165) is 19.8 Å². The first-order valence-corrected chi connectivity index (χ1v) is 50.4. The van der Waals surface area contributed by atoms with Gasteiger partial charge in [-0.3, -0.25) is 0 Å². The Hall–Kier alpha value is -8.91. The minimum Gasteiger partial charge on any atom is -0.504 e. The minimum atomic E-state index is -1.43. The molecule has 0 saturated carbocycles. The third-order valence-electron chi connectivity index (χ3n) is 18.6. The van der Waals surface area contributed by atoms with Crippen LogP contribution in [-0.4, -0.2) is 34.5 Å². The monoisotopic (exact) mass is 2100 g/mol. The van der Waals surface area contributed by atoms with Gasteiger partial charge in [-0.25, -0.2) is 0 Å². The van der Waals surface area contributed by atoms with E-state index >= 15 is 0 Å². The van der Waals surface area contributed by atoms with E-state index in [-0.39, 0.29) is 31.9 Å². The van der Waals surface area contributed by atoms with Crippen molar-refractivity contribution in [3.05, 3.63) is 487 Å². The Labute approximate surface area is 795 Å². The van der Waals surface area contributed by atoms with E-state index in [0.29, 0.717) is 11.2 Å². The van der Waals surface area contributed by atoms with Crippen molar-refractivity contribution in [2.45, 2.75) is 20.8 Å². The number of methoxy groups -OCH3 is 1. The number of thiophene rings is 3. The molecule has 0 atom stereocenters. The smallest absolute Gasteiger partial charge is 0.488 e. The molecule has 0 saturated heterocycles. The largest absolute Gasteiger partial charge is 0.504 e. The van der Waals surface area contributed by atoms with Crippen molar-refractivity contribution in [3.8, 4) is 38.1 Å². The first-order valence-electron chi connectivity index (χ1n) is 39.4. The number of aromatic hydroxyl groups is 2. The van der Waals surface area contributed by atoms with Crippen LogP contribution in [0, 0.1) is 20.8 Å². The Balaban J connectivity index is 0.000000150. The number of phenols is 2. The van der Waals surface area contributed by atoms with E-state index in [1.165, 1.54) is 103 Å². The second-order valence-corrected chi connectivity index (χ2v) is 44.9. The van der Waals surface area contributed by atoms with Gasteiger partial charge < -0.3 is 25.0 Å². The molecule has 3 aromatic heterocycles. The molecule has 0 aliphatic rings. The summed E-state index contributed by atoms with van der Waals surface area (Å²) in [5.41, 5.74) is 6.33. The third-order valence-corrected chi connectivity index (χ3v) is 33.9. The molecule has 4 N–H and O–H groups in total. The quantitative estimate of drug-likeness (QED) is 0.0440. The van der Waals surface area contributed by atoms with Crippen LogP contribution in [-0.2, 0) is 20.4 Å². The fourth-order valence-electron chi connectivity index (χ4n) is 12.5. The fourth-order valence-corrected chi connectivity index (χ4v) is 26.9. The molecule has 0 spiro atoms. The van der Waals surface area contributed by atoms with E-state index in [1.807, 2.05) is 31.2 Å². The fraction of sp³-hybridized carbons (Fsp3) is 0.0377. The molecule has 0 aliphatic heterocycles. The van der Waals surface area contributed by atoms with Gasteiger partial charge >= 0.3 is 7.12 Å². The first kappa shape index (κ1) is 97.3. The Morgan fingerprint density at radius 3 is 0.669 bits per heavy atom. The summed E-state index contributed by atoms with van der Waals surface area (Å²) in [6.07, 6.45) is 0. The zero-order chi connectivity index (χ0) is 86.3. The van der Waals surface area contributed by atoms with Gasteiger partial charge in [-0.15, -0.1) is 34.0 Å². The van der Waals surface area contributed by atoms with Gasteiger partial charge in [0.2, 0.25) is 0 Å². The Morgan fingerprint density at radius 1 is 0.242 bits per heavy atom. The Morgan fingerprint density at radius 2 is 0.468 bits per heavy atom. The summed E-state index contributed by atoms with van der Waals surface area (Å²) in [5, 5.41) is 52.9. The van der Waals surface area contributed by atoms with E-state index in [2.05, 4.69) is 472 Å². The SMILES string of the molecule is Brc1ccc(Br)s1.COc1cc(B(O)O)ccc1C.Cc1ccc(-c2ccc(Br)s2)cc1C.Oc1ccc(-c2ccc(Br)s2)cc1O.[Pd].c1ccc(P(c2ccccc2)c2ccccc2)cc1.c1ccc(P(c2ccccc2)c2ccccc2)cc1.c1ccc(P(c2ccccc2)c2ccccc2)cc1.c1ccc(P(c2ccccc2)c2ccccc2)cc1. The molecule has 18 heteroatoms. The zero-order valence-corrected chi connectivity index (χ0v) is 82.3.